The molecule has 27 heavy (non-hydrogen) atoms. The molecule has 0 spiro atoms. The van der Waals surface area contributed by atoms with Crippen LogP contribution in [0.5, 0.6) is 5.75 Å². The molecule has 1 aromatic carbocycles. The molecule has 3 unspecified atom stereocenters. The van der Waals surface area contributed by atoms with Crippen molar-refractivity contribution in [2.45, 2.75) is 44.3 Å². The summed E-state index contributed by atoms with van der Waals surface area (Å²) >= 11 is 0. The molecule has 1 rings (SSSR count). The van der Waals surface area contributed by atoms with Gasteiger partial charge in [0, 0.05) is 12.8 Å². The van der Waals surface area contributed by atoms with Gasteiger partial charge in [-0.1, -0.05) is 12.1 Å². The van der Waals surface area contributed by atoms with Crippen LogP contribution in [0.3, 0.4) is 0 Å². The van der Waals surface area contributed by atoms with Gasteiger partial charge in [0.05, 0.1) is 6.04 Å². The van der Waals surface area contributed by atoms with E-state index in [1.165, 1.54) is 19.1 Å². The summed E-state index contributed by atoms with van der Waals surface area (Å²) in [6, 6.07) is 2.49. The van der Waals surface area contributed by atoms with Gasteiger partial charge < -0.3 is 31.7 Å². The maximum absolute atomic E-state index is 12.4. The fourth-order valence-electron chi connectivity index (χ4n) is 2.14. The quantitative estimate of drug-likeness (QED) is 0.305. The van der Waals surface area contributed by atoms with Crippen LogP contribution in [0.1, 0.15) is 25.3 Å². The highest BCUT2D eigenvalue weighted by Gasteiger charge is 2.26. The molecular weight excluding hydrogens is 358 g/mol. The van der Waals surface area contributed by atoms with Gasteiger partial charge in [0.15, 0.2) is 0 Å². The average Bonchev–Trinajstić information content (AvgIpc) is 2.60. The highest BCUT2D eigenvalue weighted by atomic mass is 16.4. The number of nitrogens with one attached hydrogen (secondary N) is 2. The SMILES string of the molecule is CC(NC(=O)C(Cc1ccc(O)cc1)NC(=O)C(N)CCC(=O)O)C(=O)O. The molecular formula is C17H23N3O7. The third-order valence-electron chi connectivity index (χ3n) is 3.74. The van der Waals surface area contributed by atoms with Crippen LogP contribution < -0.4 is 16.4 Å². The van der Waals surface area contributed by atoms with Crippen molar-refractivity contribution >= 4 is 23.8 Å². The third-order valence-corrected chi connectivity index (χ3v) is 3.74. The van der Waals surface area contributed by atoms with E-state index in [2.05, 4.69) is 10.6 Å². The molecule has 10 nitrogen and oxygen atoms in total. The zero-order valence-corrected chi connectivity index (χ0v) is 14.7. The van der Waals surface area contributed by atoms with Gasteiger partial charge in [-0.25, -0.2) is 0 Å². The first-order valence-corrected chi connectivity index (χ1v) is 8.19. The average molecular weight is 381 g/mol. The summed E-state index contributed by atoms with van der Waals surface area (Å²) in [5.74, 6) is -3.77. The van der Waals surface area contributed by atoms with Gasteiger partial charge in [0.1, 0.15) is 17.8 Å². The summed E-state index contributed by atoms with van der Waals surface area (Å²) < 4.78 is 0. The molecule has 0 heterocycles. The Labute approximate surface area is 155 Å². The number of hydrogen-bond donors (Lipinski definition) is 6. The highest BCUT2D eigenvalue weighted by molar-refractivity contribution is 5.92. The van der Waals surface area contributed by atoms with Crippen LogP contribution in [-0.4, -0.2) is 57.2 Å². The van der Waals surface area contributed by atoms with E-state index in [9.17, 15) is 24.3 Å². The number of nitrogens with two attached hydrogens (primary N) is 1. The van der Waals surface area contributed by atoms with Crippen LogP contribution >= 0.6 is 0 Å². The standard InChI is InChI=1S/C17H23N3O7/c1-9(17(26)27)19-16(25)13(8-10-2-4-11(21)5-3-10)20-15(24)12(18)6-7-14(22)23/h2-5,9,12-13,21H,6-8,18H2,1H3,(H,19,25)(H,20,24)(H,22,23)(H,26,27). The Morgan fingerprint density at radius 3 is 2.15 bits per heavy atom. The summed E-state index contributed by atoms with van der Waals surface area (Å²) in [7, 11) is 0. The number of benzene rings is 1. The van der Waals surface area contributed by atoms with E-state index in [4.69, 9.17) is 15.9 Å². The largest absolute Gasteiger partial charge is 0.508 e. The summed E-state index contributed by atoms with van der Waals surface area (Å²) in [6.45, 7) is 1.28. The van der Waals surface area contributed by atoms with Crippen LogP contribution in [0.25, 0.3) is 0 Å². The van der Waals surface area contributed by atoms with Crippen molar-refractivity contribution < 1.29 is 34.5 Å². The molecule has 0 radical (unpaired) electrons. The number of aliphatic carboxylic acids is 2. The summed E-state index contributed by atoms with van der Waals surface area (Å²) in [4.78, 5) is 46.1. The number of amides is 2. The molecule has 0 fully saturated rings. The maximum Gasteiger partial charge on any atom is 0.325 e. The van der Waals surface area contributed by atoms with Crippen LogP contribution in [0.15, 0.2) is 24.3 Å². The van der Waals surface area contributed by atoms with Crippen LogP contribution in [0.2, 0.25) is 0 Å². The number of aromatic hydroxyl groups is 1. The normalized spacial score (nSPS) is 13.9. The van der Waals surface area contributed by atoms with Crippen molar-refractivity contribution in [1.29, 1.82) is 0 Å². The van der Waals surface area contributed by atoms with Gasteiger partial charge in [-0.05, 0) is 31.0 Å². The van der Waals surface area contributed by atoms with Crippen LogP contribution in [0.4, 0.5) is 0 Å². The van der Waals surface area contributed by atoms with Crippen molar-refractivity contribution in [2.24, 2.45) is 5.73 Å². The number of carboxylic acids is 2. The van der Waals surface area contributed by atoms with Crippen molar-refractivity contribution in [3.63, 3.8) is 0 Å². The smallest absolute Gasteiger partial charge is 0.325 e. The molecule has 148 valence electrons. The summed E-state index contributed by atoms with van der Waals surface area (Å²) in [5.41, 5.74) is 6.25. The van der Waals surface area contributed by atoms with Gasteiger partial charge >= 0.3 is 11.9 Å². The Balaban J connectivity index is 2.87. The minimum Gasteiger partial charge on any atom is -0.508 e. The van der Waals surface area contributed by atoms with E-state index in [0.717, 1.165) is 0 Å². The van der Waals surface area contributed by atoms with E-state index in [1.807, 2.05) is 0 Å². The molecule has 7 N–H and O–H groups in total. The molecule has 0 bridgehead atoms. The number of carbonyl (C=O) groups is 4. The lowest BCUT2D eigenvalue weighted by Crippen LogP contribution is -2.54. The first-order valence-electron chi connectivity index (χ1n) is 8.19. The van der Waals surface area contributed by atoms with Crippen molar-refractivity contribution in [1.82, 2.24) is 10.6 Å². The van der Waals surface area contributed by atoms with E-state index in [1.54, 1.807) is 12.1 Å². The number of carbonyl (C=O) groups excluding carboxylic acids is 2. The Bertz CT molecular complexity index is 690. The lowest BCUT2D eigenvalue weighted by Gasteiger charge is -2.22. The van der Waals surface area contributed by atoms with Crippen molar-refractivity contribution in [3.8, 4) is 5.75 Å². The molecule has 0 saturated carbocycles. The molecule has 0 aliphatic carbocycles. The van der Waals surface area contributed by atoms with Gasteiger partial charge in [-0.15, -0.1) is 0 Å². The number of rotatable bonds is 10. The molecule has 2 amide bonds. The Morgan fingerprint density at radius 1 is 1.04 bits per heavy atom. The van der Waals surface area contributed by atoms with E-state index in [0.29, 0.717) is 5.56 Å². The van der Waals surface area contributed by atoms with Crippen molar-refractivity contribution in [3.05, 3.63) is 29.8 Å². The second kappa shape index (κ2) is 10.1. The van der Waals surface area contributed by atoms with Crippen molar-refractivity contribution in [2.75, 3.05) is 0 Å². The summed E-state index contributed by atoms with van der Waals surface area (Å²) in [6.07, 6.45) is -0.393. The van der Waals surface area contributed by atoms with Crippen LogP contribution in [-0.2, 0) is 25.6 Å². The molecule has 0 aliphatic heterocycles. The third kappa shape index (κ3) is 7.74. The number of phenols is 1. The Hall–Kier alpha value is -3.14. The second-order valence-corrected chi connectivity index (χ2v) is 6.04. The van der Waals surface area contributed by atoms with E-state index < -0.39 is 41.9 Å². The van der Waals surface area contributed by atoms with E-state index >= 15 is 0 Å². The van der Waals surface area contributed by atoms with Crippen LogP contribution in [0, 0.1) is 0 Å². The minimum atomic E-state index is -1.24. The first-order chi connectivity index (χ1) is 12.6. The molecule has 0 saturated heterocycles. The maximum atomic E-state index is 12.4. The van der Waals surface area contributed by atoms with Gasteiger partial charge in [0.25, 0.3) is 0 Å². The highest BCUT2D eigenvalue weighted by Crippen LogP contribution is 2.12. The van der Waals surface area contributed by atoms with Gasteiger partial charge in [0.2, 0.25) is 11.8 Å². The number of phenolic OH excluding ortho intramolecular Hbond substituents is 1. The predicted molar refractivity (Wildman–Crippen MR) is 93.8 cm³/mol. The zero-order chi connectivity index (χ0) is 20.6. The van der Waals surface area contributed by atoms with E-state index in [-0.39, 0.29) is 25.0 Å². The topological polar surface area (TPSA) is 179 Å². The number of carboxylic acid groups (broad SMARTS) is 2. The molecule has 0 aromatic heterocycles. The number of hydrogen-bond acceptors (Lipinski definition) is 6. The summed E-state index contributed by atoms with van der Waals surface area (Å²) in [5, 5.41) is 31.6. The zero-order valence-electron chi connectivity index (χ0n) is 14.7. The fraction of sp³-hybridized carbons (Fsp3) is 0.412. The molecule has 1 aromatic rings. The monoisotopic (exact) mass is 381 g/mol. The first kappa shape index (κ1) is 21.9. The minimum absolute atomic E-state index is 0.0237. The second-order valence-electron chi connectivity index (χ2n) is 6.04. The lowest BCUT2D eigenvalue weighted by atomic mass is 10.0. The molecule has 0 aliphatic rings. The Morgan fingerprint density at radius 2 is 1.63 bits per heavy atom. The lowest BCUT2D eigenvalue weighted by molar-refractivity contribution is -0.141. The predicted octanol–water partition coefficient (Wildman–Crippen LogP) is -0.799. The molecule has 10 heteroatoms. The van der Waals surface area contributed by atoms with Gasteiger partial charge in [-0.3, -0.25) is 19.2 Å². The fourth-order valence-corrected chi connectivity index (χ4v) is 2.14. The van der Waals surface area contributed by atoms with Gasteiger partial charge in [-0.2, -0.15) is 0 Å². The Kier molecular flexibility index (Phi) is 8.21. The molecule has 3 atom stereocenters.